The van der Waals surface area contributed by atoms with Crippen molar-refractivity contribution in [3.05, 3.63) is 12.7 Å². The van der Waals surface area contributed by atoms with Gasteiger partial charge in [0.1, 0.15) is 0 Å². The summed E-state index contributed by atoms with van der Waals surface area (Å²) in [6.45, 7) is 4.51. The second-order valence-electron chi connectivity index (χ2n) is 5.70. The third-order valence-corrected chi connectivity index (χ3v) is 4.49. The average molecular weight is 192 g/mol. The van der Waals surface area contributed by atoms with Crippen molar-refractivity contribution in [1.29, 1.82) is 0 Å². The minimum absolute atomic E-state index is 0.281. The molecule has 0 unspecified atom stereocenters. The van der Waals surface area contributed by atoms with Gasteiger partial charge in [-0.3, -0.25) is 0 Å². The Balaban J connectivity index is 1.77. The number of rotatable bonds is 3. The highest BCUT2D eigenvalue weighted by atomic mass is 16.5. The highest BCUT2D eigenvalue weighted by Gasteiger charge is 2.51. The summed E-state index contributed by atoms with van der Waals surface area (Å²) < 4.78 is 6.07. The van der Waals surface area contributed by atoms with Gasteiger partial charge < -0.3 is 4.74 Å². The Hall–Kier alpha value is -0.300. The monoisotopic (exact) mass is 192 g/mol. The molecule has 4 fully saturated rings. The summed E-state index contributed by atoms with van der Waals surface area (Å²) in [6, 6.07) is 0. The second kappa shape index (κ2) is 3.10. The topological polar surface area (TPSA) is 9.23 Å². The molecule has 78 valence electrons. The molecular weight excluding hydrogens is 172 g/mol. The van der Waals surface area contributed by atoms with E-state index < -0.39 is 0 Å². The third-order valence-electron chi connectivity index (χ3n) is 4.49. The van der Waals surface area contributed by atoms with E-state index in [0.29, 0.717) is 0 Å². The highest BCUT2D eigenvalue weighted by molar-refractivity contribution is 5.03. The van der Waals surface area contributed by atoms with E-state index in [4.69, 9.17) is 4.74 Å². The fourth-order valence-electron chi connectivity index (χ4n) is 4.44. The van der Waals surface area contributed by atoms with Gasteiger partial charge in [0.2, 0.25) is 0 Å². The first-order valence-electron chi connectivity index (χ1n) is 6.04. The van der Waals surface area contributed by atoms with Crippen LogP contribution in [0.25, 0.3) is 0 Å². The molecule has 0 spiro atoms. The van der Waals surface area contributed by atoms with E-state index >= 15 is 0 Å². The summed E-state index contributed by atoms with van der Waals surface area (Å²) in [5.41, 5.74) is 0.281. The molecule has 0 heterocycles. The van der Waals surface area contributed by atoms with Crippen LogP contribution >= 0.6 is 0 Å². The predicted octanol–water partition coefficient (Wildman–Crippen LogP) is 3.16. The average Bonchev–Trinajstić information content (AvgIpc) is 2.12. The minimum atomic E-state index is 0.281. The van der Waals surface area contributed by atoms with Crippen LogP contribution in [0.4, 0.5) is 0 Å². The lowest BCUT2D eigenvalue weighted by Gasteiger charge is -2.56. The van der Waals surface area contributed by atoms with Gasteiger partial charge in [-0.05, 0) is 56.3 Å². The molecule has 4 bridgehead atoms. The van der Waals surface area contributed by atoms with E-state index in [2.05, 4.69) is 6.58 Å². The van der Waals surface area contributed by atoms with E-state index in [1.54, 1.807) is 0 Å². The van der Waals surface area contributed by atoms with E-state index in [9.17, 15) is 0 Å². The van der Waals surface area contributed by atoms with Gasteiger partial charge in [0.15, 0.2) is 0 Å². The first-order valence-corrected chi connectivity index (χ1v) is 6.04. The molecule has 1 heteroatoms. The molecule has 0 aromatic rings. The fraction of sp³-hybridized carbons (Fsp3) is 0.846. The van der Waals surface area contributed by atoms with Crippen molar-refractivity contribution < 1.29 is 4.74 Å². The quantitative estimate of drug-likeness (QED) is 0.624. The Morgan fingerprint density at radius 3 is 2.00 bits per heavy atom. The molecular formula is C13H20O. The van der Waals surface area contributed by atoms with Crippen molar-refractivity contribution in [2.75, 3.05) is 6.61 Å². The Bertz CT molecular complexity index is 208. The third kappa shape index (κ3) is 1.33. The van der Waals surface area contributed by atoms with Gasteiger partial charge in [-0.15, -0.1) is 6.58 Å². The Morgan fingerprint density at radius 1 is 1.07 bits per heavy atom. The van der Waals surface area contributed by atoms with Gasteiger partial charge in [-0.25, -0.2) is 0 Å². The second-order valence-corrected chi connectivity index (χ2v) is 5.70. The molecule has 14 heavy (non-hydrogen) atoms. The number of ether oxygens (including phenoxy) is 1. The van der Waals surface area contributed by atoms with E-state index in [1.165, 1.54) is 38.5 Å². The van der Waals surface area contributed by atoms with Gasteiger partial charge >= 0.3 is 0 Å². The molecule has 0 atom stereocenters. The molecule has 1 nitrogen and oxygen atoms in total. The number of hydrogen-bond acceptors (Lipinski definition) is 1. The maximum Gasteiger partial charge on any atom is 0.0694 e. The summed E-state index contributed by atoms with van der Waals surface area (Å²) in [7, 11) is 0. The number of hydrogen-bond donors (Lipinski definition) is 0. The first-order chi connectivity index (χ1) is 6.80. The van der Waals surface area contributed by atoms with Crippen LogP contribution in [0.5, 0.6) is 0 Å². The summed E-state index contributed by atoms with van der Waals surface area (Å²) in [6.07, 6.45) is 10.4. The van der Waals surface area contributed by atoms with Crippen molar-refractivity contribution in [3.8, 4) is 0 Å². The molecule has 0 saturated heterocycles. The lowest BCUT2D eigenvalue weighted by molar-refractivity contribution is -0.155. The molecule has 0 aliphatic heterocycles. The van der Waals surface area contributed by atoms with Gasteiger partial charge in [0.05, 0.1) is 12.2 Å². The maximum atomic E-state index is 6.07. The molecule has 0 aromatic heterocycles. The summed E-state index contributed by atoms with van der Waals surface area (Å²) >= 11 is 0. The fourth-order valence-corrected chi connectivity index (χ4v) is 4.44. The van der Waals surface area contributed by atoms with Crippen LogP contribution in [0.3, 0.4) is 0 Å². The molecule has 0 aromatic carbocycles. The Kier molecular flexibility index (Phi) is 1.98. The summed E-state index contributed by atoms with van der Waals surface area (Å²) in [5.74, 6) is 2.98. The zero-order valence-electron chi connectivity index (χ0n) is 8.87. The maximum absolute atomic E-state index is 6.07. The van der Waals surface area contributed by atoms with Gasteiger partial charge in [-0.1, -0.05) is 6.08 Å². The van der Waals surface area contributed by atoms with Gasteiger partial charge in [-0.2, -0.15) is 0 Å². The molecule has 0 N–H and O–H groups in total. The van der Waals surface area contributed by atoms with Crippen molar-refractivity contribution >= 4 is 0 Å². The zero-order chi connectivity index (χ0) is 9.60. The van der Waals surface area contributed by atoms with Crippen molar-refractivity contribution in [1.82, 2.24) is 0 Å². The van der Waals surface area contributed by atoms with Crippen LogP contribution in [0.2, 0.25) is 0 Å². The largest absolute Gasteiger partial charge is 0.371 e. The van der Waals surface area contributed by atoms with Crippen LogP contribution < -0.4 is 0 Å². The van der Waals surface area contributed by atoms with Crippen LogP contribution in [0.15, 0.2) is 12.7 Å². The molecule has 0 radical (unpaired) electrons. The summed E-state index contributed by atoms with van der Waals surface area (Å²) in [4.78, 5) is 0. The smallest absolute Gasteiger partial charge is 0.0694 e. The van der Waals surface area contributed by atoms with Crippen LogP contribution in [-0.2, 0) is 4.74 Å². The van der Waals surface area contributed by atoms with Crippen molar-refractivity contribution in [2.45, 2.75) is 44.1 Å². The minimum Gasteiger partial charge on any atom is -0.371 e. The van der Waals surface area contributed by atoms with Crippen molar-refractivity contribution in [2.24, 2.45) is 17.8 Å². The van der Waals surface area contributed by atoms with Gasteiger partial charge in [0, 0.05) is 0 Å². The molecule has 4 aliphatic carbocycles. The predicted molar refractivity (Wildman–Crippen MR) is 57.1 cm³/mol. The van der Waals surface area contributed by atoms with E-state index in [-0.39, 0.29) is 5.60 Å². The lowest BCUT2D eigenvalue weighted by atomic mass is 9.54. The van der Waals surface area contributed by atoms with E-state index in [1.807, 2.05) is 6.08 Å². The molecule has 4 rings (SSSR count). The van der Waals surface area contributed by atoms with Crippen LogP contribution in [-0.4, -0.2) is 12.2 Å². The Labute approximate surface area is 86.5 Å². The van der Waals surface area contributed by atoms with Crippen LogP contribution in [0, 0.1) is 17.8 Å². The van der Waals surface area contributed by atoms with Crippen LogP contribution in [0.1, 0.15) is 38.5 Å². The Morgan fingerprint density at radius 2 is 1.57 bits per heavy atom. The summed E-state index contributed by atoms with van der Waals surface area (Å²) in [5, 5.41) is 0. The zero-order valence-corrected chi connectivity index (χ0v) is 8.87. The first kappa shape index (κ1) is 8.96. The molecule has 4 aliphatic rings. The van der Waals surface area contributed by atoms with E-state index in [0.717, 1.165) is 24.4 Å². The SMILES string of the molecule is C=CCOC12CC3CC(CC(C3)C1)C2. The van der Waals surface area contributed by atoms with Gasteiger partial charge in [0.25, 0.3) is 0 Å². The standard InChI is InChI=1S/C13H20O/c1-2-3-14-13-7-10-4-11(8-13)6-12(5-10)9-13/h2,10-12H,1,3-9H2. The molecule has 4 saturated carbocycles. The van der Waals surface area contributed by atoms with Crippen molar-refractivity contribution in [3.63, 3.8) is 0 Å². The normalized spacial score (nSPS) is 49.6. The highest BCUT2D eigenvalue weighted by Crippen LogP contribution is 2.56. The lowest BCUT2D eigenvalue weighted by Crippen LogP contribution is -2.52. The molecule has 0 amide bonds.